The molecule has 20 heavy (non-hydrogen) atoms. The molecule has 0 aliphatic rings. The van der Waals surface area contributed by atoms with E-state index in [4.69, 9.17) is 0 Å². The molecule has 0 aliphatic heterocycles. The van der Waals surface area contributed by atoms with Crippen LogP contribution in [0.15, 0.2) is 24.3 Å². The Morgan fingerprint density at radius 1 is 1.15 bits per heavy atom. The van der Waals surface area contributed by atoms with Crippen molar-refractivity contribution < 1.29 is 15.0 Å². The van der Waals surface area contributed by atoms with Crippen molar-refractivity contribution in [3.63, 3.8) is 0 Å². The molecule has 0 fully saturated rings. The van der Waals surface area contributed by atoms with Gasteiger partial charge in [0.05, 0.1) is 18.8 Å². The minimum Gasteiger partial charge on any atom is -0.394 e. The Hall–Kier alpha value is -1.39. The standard InChI is InChI=1S/C16H25NO3/c1-3-5-6-13-7-9-14(10-8-13)15(20)17-16(4-2,11-18)12-19/h7-10,18-19H,3-6,11-12H2,1-2H3,(H,17,20). The molecule has 1 aromatic rings. The average Bonchev–Trinajstić information content (AvgIpc) is 2.51. The van der Waals surface area contributed by atoms with Gasteiger partial charge in [-0.3, -0.25) is 4.79 Å². The van der Waals surface area contributed by atoms with Crippen LogP contribution in [0.4, 0.5) is 0 Å². The molecule has 0 radical (unpaired) electrons. The maximum atomic E-state index is 12.1. The lowest BCUT2D eigenvalue weighted by molar-refractivity contribution is 0.0653. The summed E-state index contributed by atoms with van der Waals surface area (Å²) < 4.78 is 0. The predicted molar refractivity (Wildman–Crippen MR) is 79.7 cm³/mol. The summed E-state index contributed by atoms with van der Waals surface area (Å²) in [6.07, 6.45) is 3.78. The highest BCUT2D eigenvalue weighted by atomic mass is 16.3. The van der Waals surface area contributed by atoms with Crippen molar-refractivity contribution in [1.82, 2.24) is 5.32 Å². The zero-order valence-electron chi connectivity index (χ0n) is 12.4. The van der Waals surface area contributed by atoms with E-state index in [1.165, 1.54) is 5.56 Å². The van der Waals surface area contributed by atoms with Gasteiger partial charge in [-0.05, 0) is 37.0 Å². The van der Waals surface area contributed by atoms with Crippen molar-refractivity contribution in [2.75, 3.05) is 13.2 Å². The highest BCUT2D eigenvalue weighted by Gasteiger charge is 2.28. The van der Waals surface area contributed by atoms with Gasteiger partial charge >= 0.3 is 0 Å². The number of hydrogen-bond donors (Lipinski definition) is 3. The van der Waals surface area contributed by atoms with Gasteiger partial charge in [-0.2, -0.15) is 0 Å². The molecule has 0 saturated carbocycles. The van der Waals surface area contributed by atoms with Crippen molar-refractivity contribution in [2.45, 2.75) is 45.1 Å². The Labute approximate surface area is 120 Å². The SMILES string of the molecule is CCCCc1ccc(C(=O)NC(CC)(CO)CO)cc1. The van der Waals surface area contributed by atoms with E-state index < -0.39 is 5.54 Å². The van der Waals surface area contributed by atoms with Gasteiger partial charge in [0.2, 0.25) is 0 Å². The topological polar surface area (TPSA) is 69.6 Å². The molecule has 0 aliphatic carbocycles. The third-order valence-electron chi connectivity index (χ3n) is 3.70. The quantitative estimate of drug-likeness (QED) is 0.680. The van der Waals surface area contributed by atoms with Crippen molar-refractivity contribution in [3.05, 3.63) is 35.4 Å². The monoisotopic (exact) mass is 279 g/mol. The molecular formula is C16H25NO3. The number of nitrogens with one attached hydrogen (secondary N) is 1. The number of unbranched alkanes of at least 4 members (excludes halogenated alkanes) is 1. The smallest absolute Gasteiger partial charge is 0.251 e. The minimum atomic E-state index is -0.946. The molecule has 0 atom stereocenters. The zero-order chi connectivity index (χ0) is 15.0. The summed E-state index contributed by atoms with van der Waals surface area (Å²) in [6.45, 7) is 3.41. The fraction of sp³-hybridized carbons (Fsp3) is 0.562. The van der Waals surface area contributed by atoms with Gasteiger partial charge in [0, 0.05) is 5.56 Å². The fourth-order valence-electron chi connectivity index (χ4n) is 1.96. The molecule has 4 nitrogen and oxygen atoms in total. The number of aliphatic hydroxyl groups excluding tert-OH is 2. The van der Waals surface area contributed by atoms with Crippen LogP contribution in [-0.4, -0.2) is 34.9 Å². The van der Waals surface area contributed by atoms with Crippen LogP contribution in [-0.2, 0) is 6.42 Å². The summed E-state index contributed by atoms with van der Waals surface area (Å²) in [7, 11) is 0. The molecule has 3 N–H and O–H groups in total. The highest BCUT2D eigenvalue weighted by molar-refractivity contribution is 5.94. The molecule has 0 unspecified atom stereocenters. The van der Waals surface area contributed by atoms with Crippen LogP contribution in [0.5, 0.6) is 0 Å². The second kappa shape index (κ2) is 8.02. The molecular weight excluding hydrogens is 254 g/mol. The second-order valence-electron chi connectivity index (χ2n) is 5.20. The predicted octanol–water partition coefficient (Wildman–Crippen LogP) is 1.89. The first-order valence-electron chi connectivity index (χ1n) is 7.24. The lowest BCUT2D eigenvalue weighted by Crippen LogP contribution is -2.53. The van der Waals surface area contributed by atoms with Crippen LogP contribution >= 0.6 is 0 Å². The Kier molecular flexibility index (Phi) is 6.68. The van der Waals surface area contributed by atoms with E-state index in [-0.39, 0.29) is 19.1 Å². The number of carbonyl (C=O) groups excluding carboxylic acids is 1. The number of amides is 1. The largest absolute Gasteiger partial charge is 0.394 e. The molecule has 4 heteroatoms. The highest BCUT2D eigenvalue weighted by Crippen LogP contribution is 2.12. The van der Waals surface area contributed by atoms with E-state index in [1.807, 2.05) is 19.1 Å². The van der Waals surface area contributed by atoms with Gasteiger partial charge in [0.1, 0.15) is 0 Å². The normalized spacial score (nSPS) is 11.4. The summed E-state index contributed by atoms with van der Waals surface area (Å²) in [5.74, 6) is -0.267. The first kappa shape index (κ1) is 16.7. The molecule has 1 aromatic carbocycles. The average molecular weight is 279 g/mol. The van der Waals surface area contributed by atoms with E-state index in [0.29, 0.717) is 12.0 Å². The molecule has 0 spiro atoms. The van der Waals surface area contributed by atoms with E-state index in [2.05, 4.69) is 12.2 Å². The Balaban J connectivity index is 2.72. The Morgan fingerprint density at radius 2 is 1.75 bits per heavy atom. The van der Waals surface area contributed by atoms with Gasteiger partial charge < -0.3 is 15.5 Å². The molecule has 1 amide bonds. The molecule has 0 saturated heterocycles. The number of carbonyl (C=O) groups is 1. The van der Waals surface area contributed by atoms with Crippen LogP contribution in [0.2, 0.25) is 0 Å². The summed E-state index contributed by atoms with van der Waals surface area (Å²) in [5.41, 5.74) is 0.817. The lowest BCUT2D eigenvalue weighted by Gasteiger charge is -2.29. The Morgan fingerprint density at radius 3 is 2.20 bits per heavy atom. The third kappa shape index (κ3) is 4.32. The van der Waals surface area contributed by atoms with E-state index in [1.54, 1.807) is 12.1 Å². The van der Waals surface area contributed by atoms with Gasteiger partial charge in [-0.15, -0.1) is 0 Å². The van der Waals surface area contributed by atoms with Crippen molar-refractivity contribution in [3.8, 4) is 0 Å². The van der Waals surface area contributed by atoms with Crippen LogP contribution in [0, 0.1) is 0 Å². The van der Waals surface area contributed by atoms with E-state index >= 15 is 0 Å². The second-order valence-corrected chi connectivity index (χ2v) is 5.20. The van der Waals surface area contributed by atoms with Gasteiger partial charge in [0.25, 0.3) is 5.91 Å². The number of aryl methyl sites for hydroxylation is 1. The molecule has 1 rings (SSSR count). The minimum absolute atomic E-state index is 0.267. The molecule has 0 bridgehead atoms. The van der Waals surface area contributed by atoms with Gasteiger partial charge in [-0.25, -0.2) is 0 Å². The van der Waals surface area contributed by atoms with Gasteiger partial charge in [-0.1, -0.05) is 32.4 Å². The van der Waals surface area contributed by atoms with Crippen molar-refractivity contribution in [1.29, 1.82) is 0 Å². The Bertz CT molecular complexity index is 402. The van der Waals surface area contributed by atoms with Crippen molar-refractivity contribution >= 4 is 5.91 Å². The summed E-state index contributed by atoms with van der Waals surface area (Å²) >= 11 is 0. The number of aliphatic hydroxyl groups is 2. The summed E-state index contributed by atoms with van der Waals surface area (Å²) in [5, 5.41) is 21.4. The number of rotatable bonds is 8. The number of benzene rings is 1. The first-order chi connectivity index (χ1) is 9.60. The number of hydrogen-bond acceptors (Lipinski definition) is 3. The maximum absolute atomic E-state index is 12.1. The first-order valence-corrected chi connectivity index (χ1v) is 7.24. The van der Waals surface area contributed by atoms with Gasteiger partial charge in [0.15, 0.2) is 0 Å². The van der Waals surface area contributed by atoms with Crippen LogP contribution < -0.4 is 5.32 Å². The molecule has 0 aromatic heterocycles. The zero-order valence-corrected chi connectivity index (χ0v) is 12.4. The van der Waals surface area contributed by atoms with Crippen LogP contribution in [0.1, 0.15) is 49.0 Å². The van der Waals surface area contributed by atoms with Crippen molar-refractivity contribution in [2.24, 2.45) is 0 Å². The third-order valence-corrected chi connectivity index (χ3v) is 3.70. The van der Waals surface area contributed by atoms with Crippen LogP contribution in [0.3, 0.4) is 0 Å². The van der Waals surface area contributed by atoms with E-state index in [0.717, 1.165) is 19.3 Å². The van der Waals surface area contributed by atoms with Crippen LogP contribution in [0.25, 0.3) is 0 Å². The molecule has 112 valence electrons. The fourth-order valence-corrected chi connectivity index (χ4v) is 1.96. The lowest BCUT2D eigenvalue weighted by atomic mass is 9.97. The summed E-state index contributed by atoms with van der Waals surface area (Å²) in [6, 6.07) is 7.48. The summed E-state index contributed by atoms with van der Waals surface area (Å²) in [4.78, 5) is 12.1. The van der Waals surface area contributed by atoms with E-state index in [9.17, 15) is 15.0 Å². The molecule has 0 heterocycles. The maximum Gasteiger partial charge on any atom is 0.251 e.